The molecule has 1 aliphatic heterocycles. The molecule has 1 fully saturated rings. The van der Waals surface area contributed by atoms with E-state index in [-0.39, 0.29) is 17.2 Å². The van der Waals surface area contributed by atoms with Crippen LogP contribution in [0.5, 0.6) is 0 Å². The van der Waals surface area contributed by atoms with E-state index < -0.39 is 17.0 Å². The average Bonchev–Trinajstić information content (AvgIpc) is 2.77. The first kappa shape index (κ1) is 15.7. The number of ether oxygens (including phenoxy) is 1. The predicted octanol–water partition coefficient (Wildman–Crippen LogP) is 2.18. The highest BCUT2D eigenvalue weighted by atomic mass is 32.1. The molecule has 1 saturated heterocycles. The third-order valence-electron chi connectivity index (χ3n) is 3.30. The second kappa shape index (κ2) is 6.86. The van der Waals surface area contributed by atoms with Gasteiger partial charge in [0.05, 0.1) is 17.6 Å². The van der Waals surface area contributed by atoms with Crippen molar-refractivity contribution in [3.8, 4) is 0 Å². The van der Waals surface area contributed by atoms with Crippen molar-refractivity contribution >= 4 is 28.0 Å². The molecule has 7 nitrogen and oxygen atoms in total. The number of thiophene rings is 1. The molecule has 0 bridgehead atoms. The van der Waals surface area contributed by atoms with E-state index >= 15 is 0 Å². The lowest BCUT2D eigenvalue weighted by Gasteiger charge is -2.21. The van der Waals surface area contributed by atoms with Crippen LogP contribution in [0.2, 0.25) is 0 Å². The zero-order valence-corrected chi connectivity index (χ0v) is 12.6. The average molecular weight is 314 g/mol. The van der Waals surface area contributed by atoms with Crippen LogP contribution in [0.1, 0.15) is 35.9 Å². The van der Waals surface area contributed by atoms with Crippen molar-refractivity contribution in [2.24, 2.45) is 0 Å². The smallest absolute Gasteiger partial charge is 0.348 e. The van der Waals surface area contributed by atoms with Gasteiger partial charge >= 0.3 is 11.7 Å². The molecule has 0 amide bonds. The van der Waals surface area contributed by atoms with Gasteiger partial charge in [-0.2, -0.15) is 0 Å². The number of carbonyl (C=O) groups is 1. The fraction of sp³-hybridized carbons (Fsp3) is 0.615. The van der Waals surface area contributed by atoms with Crippen molar-refractivity contribution < 1.29 is 19.6 Å². The summed E-state index contributed by atoms with van der Waals surface area (Å²) in [5.41, 5.74) is -0.0999. The minimum absolute atomic E-state index is 0.0999. The Balaban J connectivity index is 2.32. The maximum Gasteiger partial charge on any atom is 0.348 e. The number of β-amino-alcohol motifs (C(OH)–C–C–N with tert-alkyl or cyclic N) is 1. The lowest BCUT2D eigenvalue weighted by Crippen LogP contribution is -2.30. The molecular weight excluding hydrogens is 296 g/mol. The number of nitro groups is 1. The molecule has 1 aromatic rings. The third kappa shape index (κ3) is 3.70. The molecule has 1 aromatic heterocycles. The van der Waals surface area contributed by atoms with Crippen LogP contribution < -0.4 is 4.90 Å². The highest BCUT2D eigenvalue weighted by Crippen LogP contribution is 2.39. The first-order chi connectivity index (χ1) is 10.0. The van der Waals surface area contributed by atoms with Crippen molar-refractivity contribution in [2.75, 3.05) is 24.6 Å². The Kier molecular flexibility index (Phi) is 5.13. The number of nitrogens with zero attached hydrogens (tertiary/aromatic N) is 2. The molecular formula is C13H18N2O5S. The van der Waals surface area contributed by atoms with Gasteiger partial charge in [-0.15, -0.1) is 11.3 Å². The number of aliphatic hydroxyl groups excluding tert-OH is 1. The van der Waals surface area contributed by atoms with Gasteiger partial charge in [0.1, 0.15) is 4.88 Å². The van der Waals surface area contributed by atoms with Crippen LogP contribution in [-0.4, -0.2) is 41.8 Å². The summed E-state index contributed by atoms with van der Waals surface area (Å²) in [6.45, 7) is 2.90. The first-order valence-corrected chi connectivity index (χ1v) is 7.73. The van der Waals surface area contributed by atoms with Gasteiger partial charge in [-0.05, 0) is 26.2 Å². The van der Waals surface area contributed by atoms with Gasteiger partial charge in [-0.25, -0.2) is 4.79 Å². The second-order valence-electron chi connectivity index (χ2n) is 4.87. The van der Waals surface area contributed by atoms with E-state index in [2.05, 4.69) is 0 Å². The van der Waals surface area contributed by atoms with E-state index in [9.17, 15) is 20.0 Å². The van der Waals surface area contributed by atoms with Crippen molar-refractivity contribution in [1.29, 1.82) is 0 Å². The molecule has 0 aliphatic carbocycles. The van der Waals surface area contributed by atoms with Gasteiger partial charge in [0.2, 0.25) is 0 Å². The number of rotatable bonds is 4. The monoisotopic (exact) mass is 314 g/mol. The normalized spacial score (nSPS) is 19.1. The van der Waals surface area contributed by atoms with Crippen molar-refractivity contribution in [3.05, 3.63) is 21.1 Å². The van der Waals surface area contributed by atoms with E-state index in [1.54, 1.807) is 11.8 Å². The molecule has 21 heavy (non-hydrogen) atoms. The Morgan fingerprint density at radius 2 is 2.38 bits per heavy atom. The molecule has 116 valence electrons. The minimum Gasteiger partial charge on any atom is -0.462 e. The Hall–Kier alpha value is -1.67. The van der Waals surface area contributed by atoms with E-state index in [1.165, 1.54) is 6.07 Å². The van der Waals surface area contributed by atoms with Gasteiger partial charge in [-0.3, -0.25) is 10.1 Å². The molecule has 0 unspecified atom stereocenters. The summed E-state index contributed by atoms with van der Waals surface area (Å²) in [4.78, 5) is 24.5. The summed E-state index contributed by atoms with van der Waals surface area (Å²) in [5, 5.41) is 21.5. The number of esters is 1. The fourth-order valence-electron chi connectivity index (χ4n) is 2.34. The topological polar surface area (TPSA) is 92.9 Å². The quantitative estimate of drug-likeness (QED) is 0.520. The Labute approximate surface area is 126 Å². The zero-order valence-electron chi connectivity index (χ0n) is 11.8. The lowest BCUT2D eigenvalue weighted by atomic mass is 10.2. The molecule has 2 heterocycles. The molecule has 1 N–H and O–H groups in total. The van der Waals surface area contributed by atoms with Crippen LogP contribution in [0.25, 0.3) is 0 Å². The zero-order chi connectivity index (χ0) is 15.4. The Morgan fingerprint density at radius 1 is 1.62 bits per heavy atom. The van der Waals surface area contributed by atoms with E-state index in [4.69, 9.17) is 4.74 Å². The number of aliphatic hydroxyl groups is 1. The molecule has 0 saturated carbocycles. The summed E-state index contributed by atoms with van der Waals surface area (Å²) in [6, 6.07) is 1.26. The summed E-state index contributed by atoms with van der Waals surface area (Å²) in [5.74, 6) is -0.549. The highest BCUT2D eigenvalue weighted by Gasteiger charge is 2.28. The molecule has 2 rings (SSSR count). The highest BCUT2D eigenvalue weighted by molar-refractivity contribution is 7.18. The molecule has 0 aromatic carbocycles. The van der Waals surface area contributed by atoms with Gasteiger partial charge in [0, 0.05) is 19.2 Å². The van der Waals surface area contributed by atoms with E-state index in [0.29, 0.717) is 24.5 Å². The molecule has 0 spiro atoms. The first-order valence-electron chi connectivity index (χ1n) is 6.91. The minimum atomic E-state index is -0.549. The lowest BCUT2D eigenvalue weighted by molar-refractivity contribution is -0.383. The van der Waals surface area contributed by atoms with Crippen LogP contribution in [0, 0.1) is 10.1 Å². The Bertz CT molecular complexity index is 531. The van der Waals surface area contributed by atoms with Crippen LogP contribution >= 0.6 is 11.3 Å². The van der Waals surface area contributed by atoms with Crippen molar-refractivity contribution in [1.82, 2.24) is 0 Å². The third-order valence-corrected chi connectivity index (χ3v) is 4.47. The molecule has 8 heteroatoms. The van der Waals surface area contributed by atoms with E-state index in [1.807, 2.05) is 0 Å². The van der Waals surface area contributed by atoms with Crippen LogP contribution in [0.4, 0.5) is 10.7 Å². The van der Waals surface area contributed by atoms with Crippen LogP contribution in [0.3, 0.4) is 0 Å². The maximum atomic E-state index is 11.7. The largest absolute Gasteiger partial charge is 0.462 e. The number of hydrogen-bond donors (Lipinski definition) is 1. The standard InChI is InChI=1S/C13H18N2O5S/c1-2-20-13(17)11-7-10(15(18)19)12(21-11)14-6-4-3-5-9(16)8-14/h7,9,16H,2-6,8H2,1H3/t9-/m0/s1. The summed E-state index contributed by atoms with van der Waals surface area (Å²) >= 11 is 1.05. The van der Waals surface area contributed by atoms with Gasteiger partial charge < -0.3 is 14.7 Å². The van der Waals surface area contributed by atoms with E-state index in [0.717, 1.165) is 24.2 Å². The fourth-order valence-corrected chi connectivity index (χ4v) is 3.39. The van der Waals surface area contributed by atoms with Gasteiger partial charge in [-0.1, -0.05) is 0 Å². The molecule has 0 radical (unpaired) electrons. The maximum absolute atomic E-state index is 11.7. The Morgan fingerprint density at radius 3 is 3.05 bits per heavy atom. The number of anilines is 1. The summed E-state index contributed by atoms with van der Waals surface area (Å²) in [7, 11) is 0. The second-order valence-corrected chi connectivity index (χ2v) is 5.90. The predicted molar refractivity (Wildman–Crippen MR) is 79.0 cm³/mol. The van der Waals surface area contributed by atoms with Gasteiger partial charge in [0.25, 0.3) is 0 Å². The van der Waals surface area contributed by atoms with Crippen LogP contribution in [0.15, 0.2) is 6.07 Å². The van der Waals surface area contributed by atoms with Crippen LogP contribution in [-0.2, 0) is 4.74 Å². The molecule has 1 aliphatic rings. The summed E-state index contributed by atoms with van der Waals surface area (Å²) < 4.78 is 4.89. The summed E-state index contributed by atoms with van der Waals surface area (Å²) in [6.07, 6.45) is 1.95. The number of hydrogen-bond acceptors (Lipinski definition) is 7. The SMILES string of the molecule is CCOC(=O)c1cc([N+](=O)[O-])c(N2CCCC[C@H](O)C2)s1. The van der Waals surface area contributed by atoms with Crippen molar-refractivity contribution in [3.63, 3.8) is 0 Å². The van der Waals surface area contributed by atoms with Crippen molar-refractivity contribution in [2.45, 2.75) is 32.3 Å². The number of carbonyl (C=O) groups excluding carboxylic acids is 1. The van der Waals surface area contributed by atoms with Gasteiger partial charge in [0.15, 0.2) is 5.00 Å². The molecule has 1 atom stereocenters.